The molecule has 0 aliphatic carbocycles. The third-order valence-electron chi connectivity index (χ3n) is 2.06. The van der Waals surface area contributed by atoms with Crippen LogP contribution in [0.1, 0.15) is 31.7 Å². The van der Waals surface area contributed by atoms with Gasteiger partial charge in [0.05, 0.1) is 0 Å². The highest BCUT2D eigenvalue weighted by Crippen LogP contribution is 2.20. The van der Waals surface area contributed by atoms with Crippen LogP contribution in [0.3, 0.4) is 0 Å². The smallest absolute Gasteiger partial charge is 0.306 e. The normalized spacial score (nSPS) is 10.2. The van der Waals surface area contributed by atoms with Crippen molar-refractivity contribution in [3.05, 3.63) is 32.7 Å². The van der Waals surface area contributed by atoms with Crippen molar-refractivity contribution < 1.29 is 9.53 Å². The summed E-state index contributed by atoms with van der Waals surface area (Å²) in [6.07, 6.45) is 2.41. The standard InChI is InChI=1S/C12H14Br2O2/c1-2-3-4-12(15)16-8-9-5-10(13)7-11(14)6-9/h5-7H,2-4,8H2,1H3. The molecule has 1 rings (SSSR count). The number of carbonyl (C=O) groups is 1. The van der Waals surface area contributed by atoms with Crippen LogP contribution < -0.4 is 0 Å². The largest absolute Gasteiger partial charge is 0.461 e. The number of benzene rings is 1. The zero-order valence-corrected chi connectivity index (χ0v) is 12.3. The molecule has 0 aliphatic heterocycles. The van der Waals surface area contributed by atoms with E-state index in [1.807, 2.05) is 18.2 Å². The second-order valence-electron chi connectivity index (χ2n) is 3.54. The number of halogens is 2. The lowest BCUT2D eigenvalue weighted by Crippen LogP contribution is -2.04. The Kier molecular flexibility index (Phi) is 6.06. The zero-order valence-electron chi connectivity index (χ0n) is 9.13. The topological polar surface area (TPSA) is 26.3 Å². The van der Waals surface area contributed by atoms with Gasteiger partial charge in [-0.3, -0.25) is 4.79 Å². The zero-order chi connectivity index (χ0) is 12.0. The van der Waals surface area contributed by atoms with E-state index in [-0.39, 0.29) is 5.97 Å². The van der Waals surface area contributed by atoms with Crippen LogP contribution >= 0.6 is 31.9 Å². The Balaban J connectivity index is 2.45. The number of unbranched alkanes of at least 4 members (excludes halogenated alkanes) is 1. The summed E-state index contributed by atoms with van der Waals surface area (Å²) in [5.41, 5.74) is 0.978. The minimum absolute atomic E-state index is 0.127. The van der Waals surface area contributed by atoms with Crippen molar-refractivity contribution in [3.8, 4) is 0 Å². The summed E-state index contributed by atoms with van der Waals surface area (Å²) in [7, 11) is 0. The van der Waals surface area contributed by atoms with E-state index in [9.17, 15) is 4.79 Å². The van der Waals surface area contributed by atoms with E-state index < -0.39 is 0 Å². The fraction of sp³-hybridized carbons (Fsp3) is 0.417. The highest BCUT2D eigenvalue weighted by molar-refractivity contribution is 9.11. The van der Waals surface area contributed by atoms with Crippen LogP contribution in [0, 0.1) is 0 Å². The highest BCUT2D eigenvalue weighted by atomic mass is 79.9. The molecule has 0 saturated carbocycles. The van der Waals surface area contributed by atoms with E-state index in [0.29, 0.717) is 13.0 Å². The first kappa shape index (κ1) is 13.7. The molecule has 4 heteroatoms. The molecular weight excluding hydrogens is 336 g/mol. The molecule has 0 N–H and O–H groups in total. The fourth-order valence-corrected chi connectivity index (χ4v) is 2.64. The molecule has 0 saturated heterocycles. The average molecular weight is 350 g/mol. The Morgan fingerprint density at radius 1 is 1.25 bits per heavy atom. The second kappa shape index (κ2) is 7.07. The van der Waals surface area contributed by atoms with E-state index in [4.69, 9.17) is 4.74 Å². The summed E-state index contributed by atoms with van der Waals surface area (Å²) < 4.78 is 7.11. The first-order chi connectivity index (χ1) is 7.61. The number of hydrogen-bond donors (Lipinski definition) is 0. The predicted octanol–water partition coefficient (Wildman–Crippen LogP) is 4.45. The van der Waals surface area contributed by atoms with Crippen molar-refractivity contribution >= 4 is 37.8 Å². The molecule has 0 bridgehead atoms. The molecule has 0 spiro atoms. The summed E-state index contributed by atoms with van der Waals surface area (Å²) in [4.78, 5) is 11.3. The van der Waals surface area contributed by atoms with Gasteiger partial charge in [-0.05, 0) is 30.2 Å². The summed E-state index contributed by atoms with van der Waals surface area (Å²) in [6, 6.07) is 5.83. The van der Waals surface area contributed by atoms with Gasteiger partial charge in [0.1, 0.15) is 6.61 Å². The maximum Gasteiger partial charge on any atom is 0.306 e. The van der Waals surface area contributed by atoms with Crippen LogP contribution in [0.15, 0.2) is 27.1 Å². The third-order valence-corrected chi connectivity index (χ3v) is 2.97. The number of hydrogen-bond acceptors (Lipinski definition) is 2. The Bertz CT molecular complexity index is 344. The number of rotatable bonds is 5. The van der Waals surface area contributed by atoms with Crippen LogP contribution in [0.5, 0.6) is 0 Å². The second-order valence-corrected chi connectivity index (χ2v) is 5.37. The molecule has 0 aromatic heterocycles. The third kappa shape index (κ3) is 5.12. The number of carbonyl (C=O) groups excluding carboxylic acids is 1. The van der Waals surface area contributed by atoms with E-state index in [0.717, 1.165) is 27.4 Å². The van der Waals surface area contributed by atoms with E-state index >= 15 is 0 Å². The Morgan fingerprint density at radius 3 is 2.44 bits per heavy atom. The van der Waals surface area contributed by atoms with E-state index in [1.165, 1.54) is 0 Å². The maximum absolute atomic E-state index is 11.3. The van der Waals surface area contributed by atoms with Gasteiger partial charge in [-0.1, -0.05) is 45.2 Å². The Morgan fingerprint density at radius 2 is 1.88 bits per heavy atom. The molecule has 88 valence electrons. The van der Waals surface area contributed by atoms with Crippen LogP contribution in [0.2, 0.25) is 0 Å². The van der Waals surface area contributed by atoms with E-state index in [1.54, 1.807) is 0 Å². The average Bonchev–Trinajstić information content (AvgIpc) is 2.22. The van der Waals surface area contributed by atoms with Crippen molar-refractivity contribution in [1.29, 1.82) is 0 Å². The highest BCUT2D eigenvalue weighted by Gasteiger charge is 2.03. The van der Waals surface area contributed by atoms with Crippen molar-refractivity contribution in [1.82, 2.24) is 0 Å². The molecule has 16 heavy (non-hydrogen) atoms. The molecule has 0 amide bonds. The lowest BCUT2D eigenvalue weighted by atomic mass is 10.2. The SMILES string of the molecule is CCCCC(=O)OCc1cc(Br)cc(Br)c1. The van der Waals surface area contributed by atoms with Gasteiger partial charge < -0.3 is 4.74 Å². The molecule has 1 aromatic carbocycles. The van der Waals surface area contributed by atoms with Crippen molar-refractivity contribution in [2.45, 2.75) is 32.8 Å². The minimum Gasteiger partial charge on any atom is -0.461 e. The fourth-order valence-electron chi connectivity index (χ4n) is 1.25. The van der Waals surface area contributed by atoms with Gasteiger partial charge in [0.2, 0.25) is 0 Å². The number of esters is 1. The van der Waals surface area contributed by atoms with Crippen molar-refractivity contribution in [3.63, 3.8) is 0 Å². The molecule has 0 unspecified atom stereocenters. The summed E-state index contributed by atoms with van der Waals surface area (Å²) in [6.45, 7) is 2.39. The molecule has 0 atom stereocenters. The molecule has 2 nitrogen and oxygen atoms in total. The lowest BCUT2D eigenvalue weighted by molar-refractivity contribution is -0.145. The van der Waals surface area contributed by atoms with Gasteiger partial charge in [0, 0.05) is 15.4 Å². The first-order valence-electron chi connectivity index (χ1n) is 5.22. The molecule has 0 fully saturated rings. The monoisotopic (exact) mass is 348 g/mol. The van der Waals surface area contributed by atoms with Crippen LogP contribution in [-0.2, 0) is 16.1 Å². The Hall–Kier alpha value is -0.350. The number of ether oxygens (including phenoxy) is 1. The predicted molar refractivity (Wildman–Crippen MR) is 71.2 cm³/mol. The maximum atomic E-state index is 11.3. The van der Waals surface area contributed by atoms with Crippen molar-refractivity contribution in [2.75, 3.05) is 0 Å². The van der Waals surface area contributed by atoms with Crippen LogP contribution in [-0.4, -0.2) is 5.97 Å². The molecular formula is C12H14Br2O2. The molecule has 0 radical (unpaired) electrons. The van der Waals surface area contributed by atoms with Gasteiger partial charge >= 0.3 is 5.97 Å². The summed E-state index contributed by atoms with van der Waals surface area (Å²) >= 11 is 6.78. The van der Waals surface area contributed by atoms with Gasteiger partial charge in [0.15, 0.2) is 0 Å². The summed E-state index contributed by atoms with van der Waals surface area (Å²) in [5.74, 6) is -0.127. The molecule has 1 aromatic rings. The van der Waals surface area contributed by atoms with Gasteiger partial charge in [-0.2, -0.15) is 0 Å². The van der Waals surface area contributed by atoms with Crippen molar-refractivity contribution in [2.24, 2.45) is 0 Å². The van der Waals surface area contributed by atoms with Gasteiger partial charge in [-0.25, -0.2) is 0 Å². The van der Waals surface area contributed by atoms with Gasteiger partial charge in [-0.15, -0.1) is 0 Å². The molecule has 0 heterocycles. The van der Waals surface area contributed by atoms with E-state index in [2.05, 4.69) is 38.8 Å². The van der Waals surface area contributed by atoms with Crippen LogP contribution in [0.4, 0.5) is 0 Å². The molecule has 0 aliphatic rings. The Labute approximate surface area is 113 Å². The first-order valence-corrected chi connectivity index (χ1v) is 6.81. The summed E-state index contributed by atoms with van der Waals surface area (Å²) in [5, 5.41) is 0. The van der Waals surface area contributed by atoms with Crippen LogP contribution in [0.25, 0.3) is 0 Å². The quantitative estimate of drug-likeness (QED) is 0.734. The minimum atomic E-state index is -0.127. The van der Waals surface area contributed by atoms with Gasteiger partial charge in [0.25, 0.3) is 0 Å². The lowest BCUT2D eigenvalue weighted by Gasteiger charge is -2.05.